The van der Waals surface area contributed by atoms with Crippen molar-refractivity contribution >= 4 is 17.5 Å². The van der Waals surface area contributed by atoms with Gasteiger partial charge in [-0.15, -0.1) is 0 Å². The number of halogens is 1. The summed E-state index contributed by atoms with van der Waals surface area (Å²) in [5, 5.41) is 2.71. The third kappa shape index (κ3) is 4.56. The molecule has 7 heteroatoms. The van der Waals surface area contributed by atoms with E-state index in [4.69, 9.17) is 9.15 Å². The molecule has 1 aromatic heterocycles. The standard InChI is InChI=1S/C21H19FN2O4/c1-24(13-20(25)23-16-7-9-17(27-2)10-8-16)21(26)19-12-11-18(28-19)14-3-5-15(22)6-4-14/h3-12H,13H2,1-2H3,(H,23,25). The molecule has 0 aliphatic carbocycles. The van der Waals surface area contributed by atoms with Gasteiger partial charge in [0, 0.05) is 18.3 Å². The van der Waals surface area contributed by atoms with Gasteiger partial charge in [0.2, 0.25) is 5.91 Å². The van der Waals surface area contributed by atoms with E-state index in [1.165, 1.54) is 30.1 Å². The topological polar surface area (TPSA) is 71.8 Å². The van der Waals surface area contributed by atoms with Gasteiger partial charge in [-0.05, 0) is 60.7 Å². The number of hydrogen-bond donors (Lipinski definition) is 1. The molecule has 0 aliphatic heterocycles. The number of amides is 2. The van der Waals surface area contributed by atoms with Crippen LogP contribution in [0.15, 0.2) is 65.1 Å². The van der Waals surface area contributed by atoms with E-state index in [0.29, 0.717) is 22.8 Å². The third-order valence-electron chi connectivity index (χ3n) is 4.05. The number of carbonyl (C=O) groups is 2. The highest BCUT2D eigenvalue weighted by Gasteiger charge is 2.19. The minimum absolute atomic E-state index is 0.0964. The molecule has 0 saturated heterocycles. The molecule has 0 saturated carbocycles. The Balaban J connectivity index is 1.60. The van der Waals surface area contributed by atoms with Crippen LogP contribution in [0.2, 0.25) is 0 Å². The van der Waals surface area contributed by atoms with Crippen molar-refractivity contribution in [2.45, 2.75) is 0 Å². The number of furan rings is 1. The largest absolute Gasteiger partial charge is 0.497 e. The molecule has 3 rings (SSSR count). The molecule has 2 aromatic carbocycles. The van der Waals surface area contributed by atoms with Gasteiger partial charge in [0.15, 0.2) is 5.76 Å². The summed E-state index contributed by atoms with van der Waals surface area (Å²) in [6.07, 6.45) is 0. The second-order valence-corrected chi connectivity index (χ2v) is 6.11. The maximum absolute atomic E-state index is 13.0. The molecule has 144 valence electrons. The number of anilines is 1. The van der Waals surface area contributed by atoms with E-state index in [1.54, 1.807) is 49.6 Å². The molecule has 0 radical (unpaired) electrons. The van der Waals surface area contributed by atoms with E-state index in [-0.39, 0.29) is 24.0 Å². The van der Waals surface area contributed by atoms with Crippen molar-refractivity contribution < 1.29 is 23.1 Å². The lowest BCUT2D eigenvalue weighted by Gasteiger charge is -2.15. The maximum Gasteiger partial charge on any atom is 0.289 e. The fourth-order valence-electron chi connectivity index (χ4n) is 2.57. The van der Waals surface area contributed by atoms with Gasteiger partial charge in [-0.2, -0.15) is 0 Å². The Kier molecular flexibility index (Phi) is 5.74. The monoisotopic (exact) mass is 382 g/mol. The van der Waals surface area contributed by atoms with Crippen LogP contribution in [0, 0.1) is 5.82 Å². The van der Waals surface area contributed by atoms with Crippen LogP contribution in [-0.4, -0.2) is 37.4 Å². The Bertz CT molecular complexity index is 965. The second-order valence-electron chi connectivity index (χ2n) is 6.11. The van der Waals surface area contributed by atoms with Crippen molar-refractivity contribution in [2.24, 2.45) is 0 Å². The van der Waals surface area contributed by atoms with E-state index in [2.05, 4.69) is 5.32 Å². The van der Waals surface area contributed by atoms with Gasteiger partial charge in [-0.1, -0.05) is 0 Å². The minimum atomic E-state index is -0.432. The van der Waals surface area contributed by atoms with Gasteiger partial charge in [-0.3, -0.25) is 9.59 Å². The number of ether oxygens (including phenoxy) is 1. The van der Waals surface area contributed by atoms with Crippen LogP contribution in [0.25, 0.3) is 11.3 Å². The van der Waals surface area contributed by atoms with E-state index in [0.717, 1.165) is 0 Å². The van der Waals surface area contributed by atoms with Gasteiger partial charge < -0.3 is 19.4 Å². The highest BCUT2D eigenvalue weighted by Crippen LogP contribution is 2.23. The fraction of sp³-hybridized carbons (Fsp3) is 0.143. The third-order valence-corrected chi connectivity index (χ3v) is 4.05. The zero-order valence-electron chi connectivity index (χ0n) is 15.4. The molecule has 0 fully saturated rings. The van der Waals surface area contributed by atoms with Crippen molar-refractivity contribution in [3.63, 3.8) is 0 Å². The summed E-state index contributed by atoms with van der Waals surface area (Å²) in [7, 11) is 3.07. The summed E-state index contributed by atoms with van der Waals surface area (Å²) >= 11 is 0. The highest BCUT2D eigenvalue weighted by molar-refractivity contribution is 5.98. The Morgan fingerprint density at radius 1 is 1.04 bits per heavy atom. The van der Waals surface area contributed by atoms with Crippen molar-refractivity contribution in [1.29, 1.82) is 0 Å². The van der Waals surface area contributed by atoms with Crippen LogP contribution in [0.4, 0.5) is 10.1 Å². The molecular weight excluding hydrogens is 363 g/mol. The number of likely N-dealkylation sites (N-methyl/N-ethyl adjacent to an activating group) is 1. The molecule has 1 N–H and O–H groups in total. The van der Waals surface area contributed by atoms with Crippen LogP contribution in [0.3, 0.4) is 0 Å². The molecule has 0 spiro atoms. The first-order valence-corrected chi connectivity index (χ1v) is 8.51. The summed E-state index contributed by atoms with van der Waals surface area (Å²) in [5.41, 5.74) is 1.25. The predicted molar refractivity (Wildman–Crippen MR) is 103 cm³/mol. The summed E-state index contributed by atoms with van der Waals surface area (Å²) in [6, 6.07) is 15.8. The van der Waals surface area contributed by atoms with Crippen molar-refractivity contribution in [3.05, 3.63) is 72.2 Å². The van der Waals surface area contributed by atoms with Gasteiger partial charge in [-0.25, -0.2) is 4.39 Å². The molecule has 6 nitrogen and oxygen atoms in total. The number of carbonyl (C=O) groups excluding carboxylic acids is 2. The maximum atomic E-state index is 13.0. The number of hydrogen-bond acceptors (Lipinski definition) is 4. The van der Waals surface area contributed by atoms with E-state index in [1.807, 2.05) is 0 Å². The first-order valence-electron chi connectivity index (χ1n) is 8.51. The van der Waals surface area contributed by atoms with Crippen LogP contribution >= 0.6 is 0 Å². The summed E-state index contributed by atoms with van der Waals surface area (Å²) in [4.78, 5) is 25.9. The Morgan fingerprint density at radius 2 is 1.71 bits per heavy atom. The number of methoxy groups -OCH3 is 1. The molecule has 0 aliphatic rings. The first-order chi connectivity index (χ1) is 13.5. The lowest BCUT2D eigenvalue weighted by Crippen LogP contribution is -2.34. The lowest BCUT2D eigenvalue weighted by molar-refractivity contribution is -0.116. The molecular formula is C21H19FN2O4. The highest BCUT2D eigenvalue weighted by atomic mass is 19.1. The van der Waals surface area contributed by atoms with Crippen LogP contribution in [-0.2, 0) is 4.79 Å². The van der Waals surface area contributed by atoms with Crippen molar-refractivity contribution in [2.75, 3.05) is 26.0 Å². The summed E-state index contributed by atoms with van der Waals surface area (Å²) < 4.78 is 23.6. The first kappa shape index (κ1) is 19.2. The average molecular weight is 382 g/mol. The van der Waals surface area contributed by atoms with Gasteiger partial charge in [0.05, 0.1) is 13.7 Å². The zero-order valence-corrected chi connectivity index (χ0v) is 15.4. The van der Waals surface area contributed by atoms with Gasteiger partial charge >= 0.3 is 0 Å². The quantitative estimate of drug-likeness (QED) is 0.704. The molecule has 2 amide bonds. The number of benzene rings is 2. The molecule has 3 aromatic rings. The molecule has 0 bridgehead atoms. The lowest BCUT2D eigenvalue weighted by atomic mass is 10.2. The molecule has 0 atom stereocenters. The SMILES string of the molecule is COc1ccc(NC(=O)CN(C)C(=O)c2ccc(-c3ccc(F)cc3)o2)cc1. The Hall–Kier alpha value is -3.61. The van der Waals surface area contributed by atoms with E-state index in [9.17, 15) is 14.0 Å². The van der Waals surface area contributed by atoms with E-state index < -0.39 is 5.91 Å². The van der Waals surface area contributed by atoms with Crippen LogP contribution in [0.1, 0.15) is 10.6 Å². The Labute approximate surface area is 161 Å². The Morgan fingerprint density at radius 3 is 2.36 bits per heavy atom. The van der Waals surface area contributed by atoms with Crippen molar-refractivity contribution in [3.8, 4) is 17.1 Å². The van der Waals surface area contributed by atoms with Crippen LogP contribution in [0.5, 0.6) is 5.75 Å². The molecule has 0 unspecified atom stereocenters. The smallest absolute Gasteiger partial charge is 0.289 e. The number of rotatable bonds is 6. The zero-order chi connectivity index (χ0) is 20.1. The van der Waals surface area contributed by atoms with Gasteiger partial charge in [0.1, 0.15) is 17.3 Å². The normalized spacial score (nSPS) is 10.4. The predicted octanol–water partition coefficient (Wildman–Crippen LogP) is 3.81. The van der Waals surface area contributed by atoms with Gasteiger partial charge in [0.25, 0.3) is 5.91 Å². The summed E-state index contributed by atoms with van der Waals surface area (Å²) in [5.74, 6) is 0.0948. The van der Waals surface area contributed by atoms with Crippen LogP contribution < -0.4 is 10.1 Å². The number of nitrogens with zero attached hydrogens (tertiary/aromatic N) is 1. The van der Waals surface area contributed by atoms with Crippen molar-refractivity contribution in [1.82, 2.24) is 4.90 Å². The molecule has 1 heterocycles. The summed E-state index contributed by atoms with van der Waals surface area (Å²) in [6.45, 7) is -0.141. The second kappa shape index (κ2) is 8.39. The minimum Gasteiger partial charge on any atom is -0.497 e. The number of nitrogens with one attached hydrogen (secondary N) is 1. The average Bonchev–Trinajstić information content (AvgIpc) is 3.18. The van der Waals surface area contributed by atoms with E-state index >= 15 is 0 Å². The fourth-order valence-corrected chi connectivity index (χ4v) is 2.57. The molecule has 28 heavy (non-hydrogen) atoms.